The number of amides is 1. The highest BCUT2D eigenvalue weighted by molar-refractivity contribution is 5.97. The van der Waals surface area contributed by atoms with Crippen molar-refractivity contribution in [3.63, 3.8) is 0 Å². The maximum atomic E-state index is 12.5. The van der Waals surface area contributed by atoms with Crippen molar-refractivity contribution in [1.82, 2.24) is 20.7 Å². The normalized spacial score (nSPS) is 15.5. The number of aromatic amines is 1. The fourth-order valence-electron chi connectivity index (χ4n) is 3.17. The van der Waals surface area contributed by atoms with Gasteiger partial charge in [-0.05, 0) is 44.2 Å². The standard InChI is InChI=1S/C19H20N4O3/c1-3-25-17-8-13-6-11(2)26-18(13)9-14(17)10-20-19(24)12-4-5-15-16(7-12)22-23-21-15/h4-5,7-9,11H,3,6,10H2,1-2H3,(H,20,24)(H,21,22,23). The first-order valence-corrected chi connectivity index (χ1v) is 8.68. The number of rotatable bonds is 5. The van der Waals surface area contributed by atoms with Crippen LogP contribution in [0.4, 0.5) is 0 Å². The summed E-state index contributed by atoms with van der Waals surface area (Å²) in [7, 11) is 0. The van der Waals surface area contributed by atoms with Gasteiger partial charge in [0, 0.05) is 29.7 Å². The van der Waals surface area contributed by atoms with Gasteiger partial charge in [0.25, 0.3) is 5.91 Å². The molecule has 7 nitrogen and oxygen atoms in total. The molecule has 4 rings (SSSR count). The number of carbonyl (C=O) groups is 1. The second kappa shape index (κ2) is 6.67. The number of hydrogen-bond donors (Lipinski definition) is 2. The van der Waals surface area contributed by atoms with Crippen LogP contribution in [0.1, 0.15) is 35.3 Å². The Morgan fingerprint density at radius 1 is 1.31 bits per heavy atom. The molecule has 26 heavy (non-hydrogen) atoms. The second-order valence-corrected chi connectivity index (χ2v) is 6.34. The highest BCUT2D eigenvalue weighted by Gasteiger charge is 2.22. The molecule has 1 aliphatic rings. The van der Waals surface area contributed by atoms with Crippen molar-refractivity contribution in [1.29, 1.82) is 0 Å². The van der Waals surface area contributed by atoms with Gasteiger partial charge in [-0.3, -0.25) is 4.79 Å². The summed E-state index contributed by atoms with van der Waals surface area (Å²) in [5.41, 5.74) is 3.97. The van der Waals surface area contributed by atoms with Gasteiger partial charge in [-0.2, -0.15) is 15.4 Å². The van der Waals surface area contributed by atoms with E-state index in [0.29, 0.717) is 24.2 Å². The quantitative estimate of drug-likeness (QED) is 0.737. The first kappa shape index (κ1) is 16.4. The molecular formula is C19H20N4O3. The van der Waals surface area contributed by atoms with Gasteiger partial charge in [0.05, 0.1) is 6.61 Å². The molecule has 2 heterocycles. The Morgan fingerprint density at radius 2 is 2.15 bits per heavy atom. The number of aromatic nitrogens is 3. The molecular weight excluding hydrogens is 332 g/mol. The highest BCUT2D eigenvalue weighted by Crippen LogP contribution is 2.35. The van der Waals surface area contributed by atoms with Crippen molar-refractivity contribution in [3.8, 4) is 11.5 Å². The van der Waals surface area contributed by atoms with E-state index in [0.717, 1.165) is 34.6 Å². The van der Waals surface area contributed by atoms with Crippen LogP contribution in [0.3, 0.4) is 0 Å². The number of carbonyl (C=O) groups excluding carboxylic acids is 1. The summed E-state index contributed by atoms with van der Waals surface area (Å²) in [6, 6.07) is 9.20. The molecule has 3 aromatic rings. The van der Waals surface area contributed by atoms with Crippen LogP contribution >= 0.6 is 0 Å². The zero-order valence-corrected chi connectivity index (χ0v) is 14.7. The fraction of sp³-hybridized carbons (Fsp3) is 0.316. The van der Waals surface area contributed by atoms with Crippen molar-refractivity contribution in [2.24, 2.45) is 0 Å². The Morgan fingerprint density at radius 3 is 3.00 bits per heavy atom. The molecule has 0 bridgehead atoms. The molecule has 0 aliphatic carbocycles. The largest absolute Gasteiger partial charge is 0.494 e. The smallest absolute Gasteiger partial charge is 0.251 e. The van der Waals surface area contributed by atoms with Crippen molar-refractivity contribution < 1.29 is 14.3 Å². The summed E-state index contributed by atoms with van der Waals surface area (Å²) in [5.74, 6) is 1.48. The van der Waals surface area contributed by atoms with E-state index in [4.69, 9.17) is 9.47 Å². The van der Waals surface area contributed by atoms with E-state index < -0.39 is 0 Å². The third-order valence-electron chi connectivity index (χ3n) is 4.40. The van der Waals surface area contributed by atoms with Gasteiger partial charge in [0.1, 0.15) is 28.6 Å². The maximum Gasteiger partial charge on any atom is 0.251 e. The Labute approximate surface area is 150 Å². The van der Waals surface area contributed by atoms with Crippen LogP contribution in [-0.2, 0) is 13.0 Å². The Bertz CT molecular complexity index is 967. The third-order valence-corrected chi connectivity index (χ3v) is 4.40. The average molecular weight is 352 g/mol. The molecule has 134 valence electrons. The van der Waals surface area contributed by atoms with E-state index in [1.807, 2.05) is 26.0 Å². The summed E-state index contributed by atoms with van der Waals surface area (Å²) < 4.78 is 11.6. The minimum Gasteiger partial charge on any atom is -0.494 e. The van der Waals surface area contributed by atoms with Gasteiger partial charge < -0.3 is 14.8 Å². The summed E-state index contributed by atoms with van der Waals surface area (Å²) in [5, 5.41) is 13.5. The van der Waals surface area contributed by atoms with Crippen LogP contribution < -0.4 is 14.8 Å². The molecule has 2 N–H and O–H groups in total. The molecule has 0 fully saturated rings. The summed E-state index contributed by atoms with van der Waals surface area (Å²) in [4.78, 5) is 12.5. The highest BCUT2D eigenvalue weighted by atomic mass is 16.5. The van der Waals surface area contributed by atoms with Crippen LogP contribution in [0.15, 0.2) is 30.3 Å². The van der Waals surface area contributed by atoms with E-state index in [1.165, 1.54) is 0 Å². The van der Waals surface area contributed by atoms with E-state index in [1.54, 1.807) is 18.2 Å². The molecule has 0 spiro atoms. The van der Waals surface area contributed by atoms with Gasteiger partial charge in [-0.1, -0.05) is 0 Å². The average Bonchev–Trinajstić information content (AvgIpc) is 3.23. The van der Waals surface area contributed by atoms with Gasteiger partial charge in [0.15, 0.2) is 0 Å². The lowest BCUT2D eigenvalue weighted by Crippen LogP contribution is -2.23. The third kappa shape index (κ3) is 3.08. The van der Waals surface area contributed by atoms with Crippen LogP contribution in [0.5, 0.6) is 11.5 Å². The molecule has 1 unspecified atom stereocenters. The van der Waals surface area contributed by atoms with Gasteiger partial charge in [-0.25, -0.2) is 0 Å². The van der Waals surface area contributed by atoms with Crippen LogP contribution in [0.2, 0.25) is 0 Å². The zero-order chi connectivity index (χ0) is 18.1. The second-order valence-electron chi connectivity index (χ2n) is 6.34. The van der Waals surface area contributed by atoms with E-state index >= 15 is 0 Å². The topological polar surface area (TPSA) is 89.1 Å². The van der Waals surface area contributed by atoms with Gasteiger partial charge in [-0.15, -0.1) is 0 Å². The number of nitrogens with zero attached hydrogens (tertiary/aromatic N) is 2. The van der Waals surface area contributed by atoms with E-state index in [2.05, 4.69) is 20.7 Å². The number of hydrogen-bond acceptors (Lipinski definition) is 5. The Balaban J connectivity index is 1.53. The first-order chi connectivity index (χ1) is 12.6. The Hall–Kier alpha value is -3.09. The molecule has 0 saturated carbocycles. The first-order valence-electron chi connectivity index (χ1n) is 8.68. The van der Waals surface area contributed by atoms with Crippen LogP contribution in [-0.4, -0.2) is 34.0 Å². The number of benzene rings is 2. The molecule has 1 atom stereocenters. The number of ether oxygens (including phenoxy) is 2. The molecule has 2 aromatic carbocycles. The van der Waals surface area contributed by atoms with Crippen LogP contribution in [0.25, 0.3) is 11.0 Å². The lowest BCUT2D eigenvalue weighted by molar-refractivity contribution is 0.0950. The summed E-state index contributed by atoms with van der Waals surface area (Å²) >= 11 is 0. The lowest BCUT2D eigenvalue weighted by atomic mass is 10.1. The van der Waals surface area contributed by atoms with Crippen molar-refractivity contribution in [2.75, 3.05) is 6.61 Å². The molecule has 1 aromatic heterocycles. The summed E-state index contributed by atoms with van der Waals surface area (Å²) in [6.45, 7) is 4.92. The van der Waals surface area contributed by atoms with Gasteiger partial charge in [0.2, 0.25) is 0 Å². The summed E-state index contributed by atoms with van der Waals surface area (Å²) in [6.07, 6.45) is 1.04. The molecule has 7 heteroatoms. The minimum absolute atomic E-state index is 0.165. The predicted octanol–water partition coefficient (Wildman–Crippen LogP) is 2.61. The van der Waals surface area contributed by atoms with Crippen molar-refractivity contribution in [2.45, 2.75) is 32.9 Å². The molecule has 1 amide bonds. The molecule has 1 aliphatic heterocycles. The number of nitrogens with one attached hydrogen (secondary N) is 2. The number of H-pyrrole nitrogens is 1. The Kier molecular flexibility index (Phi) is 4.20. The van der Waals surface area contributed by atoms with Crippen LogP contribution in [0, 0.1) is 0 Å². The fourth-order valence-corrected chi connectivity index (χ4v) is 3.17. The van der Waals surface area contributed by atoms with Crippen molar-refractivity contribution >= 4 is 16.9 Å². The van der Waals surface area contributed by atoms with Gasteiger partial charge >= 0.3 is 0 Å². The minimum atomic E-state index is -0.174. The van der Waals surface area contributed by atoms with Crippen molar-refractivity contribution in [3.05, 3.63) is 47.0 Å². The lowest BCUT2D eigenvalue weighted by Gasteiger charge is -2.13. The van der Waals surface area contributed by atoms with E-state index in [-0.39, 0.29) is 12.0 Å². The number of fused-ring (bicyclic) bond motifs is 2. The monoisotopic (exact) mass is 352 g/mol. The molecule has 0 saturated heterocycles. The van der Waals surface area contributed by atoms with E-state index in [9.17, 15) is 4.79 Å². The predicted molar refractivity (Wildman–Crippen MR) is 96.5 cm³/mol. The SMILES string of the molecule is CCOc1cc2c(cc1CNC(=O)c1ccc3n[nH]nc3c1)OC(C)C2. The maximum absolute atomic E-state index is 12.5. The zero-order valence-electron chi connectivity index (χ0n) is 14.7. The molecule has 0 radical (unpaired) electrons.